The smallest absolute Gasteiger partial charge is 0.320 e. The molecule has 0 radical (unpaired) electrons. The third kappa shape index (κ3) is 5.64. The van der Waals surface area contributed by atoms with Crippen molar-refractivity contribution in [3.8, 4) is 0 Å². The van der Waals surface area contributed by atoms with Gasteiger partial charge in [-0.05, 0) is 19.8 Å². The Bertz CT molecular complexity index is 148. The van der Waals surface area contributed by atoms with Gasteiger partial charge in [0.25, 0.3) is 0 Å². The van der Waals surface area contributed by atoms with E-state index in [0.717, 1.165) is 19.3 Å². The summed E-state index contributed by atoms with van der Waals surface area (Å²) >= 11 is 0. The average Bonchev–Trinajstić information content (AvgIpc) is 2.10. The predicted octanol–water partition coefficient (Wildman–Crippen LogP) is 2.02. The molecule has 2 atom stereocenters. The van der Waals surface area contributed by atoms with Crippen molar-refractivity contribution in [2.75, 3.05) is 0 Å². The molecule has 3 heteroatoms. The zero-order chi connectivity index (χ0) is 10.3. The maximum atomic E-state index is 10.7. The van der Waals surface area contributed by atoms with Crippen LogP contribution in [0, 0.1) is 0 Å². The molecule has 0 bridgehead atoms. The molecule has 0 saturated carbocycles. The summed E-state index contributed by atoms with van der Waals surface area (Å²) in [4.78, 5) is 10.7. The zero-order valence-corrected chi connectivity index (χ0v) is 8.84. The third-order valence-electron chi connectivity index (χ3n) is 2.18. The van der Waals surface area contributed by atoms with E-state index in [9.17, 15) is 4.79 Å². The minimum atomic E-state index is -0.745. The summed E-state index contributed by atoms with van der Waals surface area (Å²) in [5, 5.41) is 11.9. The van der Waals surface area contributed by atoms with Crippen molar-refractivity contribution in [3.05, 3.63) is 0 Å². The first-order valence-corrected chi connectivity index (χ1v) is 5.10. The first-order valence-electron chi connectivity index (χ1n) is 5.10. The number of hydrogen-bond donors (Lipinski definition) is 2. The molecule has 2 N–H and O–H groups in total. The second kappa shape index (κ2) is 6.89. The minimum absolute atomic E-state index is 0.306. The van der Waals surface area contributed by atoms with Gasteiger partial charge in [-0.1, -0.05) is 26.7 Å². The van der Waals surface area contributed by atoms with Crippen LogP contribution in [0.25, 0.3) is 0 Å². The maximum Gasteiger partial charge on any atom is 0.320 e. The van der Waals surface area contributed by atoms with Crippen molar-refractivity contribution in [2.24, 2.45) is 0 Å². The highest BCUT2D eigenvalue weighted by Gasteiger charge is 2.16. The van der Waals surface area contributed by atoms with Crippen molar-refractivity contribution < 1.29 is 9.90 Å². The number of hydrogen-bond acceptors (Lipinski definition) is 2. The quantitative estimate of drug-likeness (QED) is 0.641. The second-order valence-corrected chi connectivity index (χ2v) is 3.51. The number of rotatable bonds is 7. The van der Waals surface area contributed by atoms with E-state index >= 15 is 0 Å². The molecule has 0 aliphatic carbocycles. The molecule has 0 heterocycles. The van der Waals surface area contributed by atoms with Gasteiger partial charge in [0.15, 0.2) is 0 Å². The summed E-state index contributed by atoms with van der Waals surface area (Å²) in [5.41, 5.74) is 0. The Morgan fingerprint density at radius 2 is 2.08 bits per heavy atom. The number of aliphatic carboxylic acids is 1. The molecule has 78 valence electrons. The molecule has 0 aromatic rings. The Kier molecular flexibility index (Phi) is 6.59. The number of unbranched alkanes of at least 4 members (excludes halogenated alkanes) is 1. The van der Waals surface area contributed by atoms with Gasteiger partial charge in [-0.15, -0.1) is 0 Å². The molecule has 0 aromatic carbocycles. The Labute approximate surface area is 80.5 Å². The van der Waals surface area contributed by atoms with Crippen LogP contribution in [0.15, 0.2) is 0 Å². The summed E-state index contributed by atoms with van der Waals surface area (Å²) in [5.74, 6) is -0.745. The molecule has 0 fully saturated rings. The van der Waals surface area contributed by atoms with E-state index in [1.807, 2.05) is 13.8 Å². The summed E-state index contributed by atoms with van der Waals surface area (Å²) < 4.78 is 0. The third-order valence-corrected chi connectivity index (χ3v) is 2.18. The topological polar surface area (TPSA) is 49.3 Å². The zero-order valence-electron chi connectivity index (χ0n) is 8.84. The van der Waals surface area contributed by atoms with Crippen molar-refractivity contribution in [2.45, 2.75) is 58.5 Å². The van der Waals surface area contributed by atoms with Gasteiger partial charge in [-0.2, -0.15) is 0 Å². The molecule has 0 spiro atoms. The Morgan fingerprint density at radius 3 is 2.46 bits per heavy atom. The number of carbonyl (C=O) groups is 1. The first kappa shape index (κ1) is 12.4. The molecule has 2 unspecified atom stereocenters. The highest BCUT2D eigenvalue weighted by molar-refractivity contribution is 5.73. The van der Waals surface area contributed by atoms with Gasteiger partial charge < -0.3 is 10.4 Å². The second-order valence-electron chi connectivity index (χ2n) is 3.51. The summed E-state index contributed by atoms with van der Waals surface area (Å²) in [6.45, 7) is 6.07. The van der Waals surface area contributed by atoms with Crippen LogP contribution < -0.4 is 5.32 Å². The van der Waals surface area contributed by atoms with Gasteiger partial charge in [0, 0.05) is 6.04 Å². The standard InChI is InChI=1S/C10H21NO2/c1-4-6-7-8(3)11-9(5-2)10(12)13/h8-9,11H,4-7H2,1-3H3,(H,12,13). The monoisotopic (exact) mass is 187 g/mol. The normalized spacial score (nSPS) is 15.3. The Morgan fingerprint density at radius 1 is 1.46 bits per heavy atom. The Balaban J connectivity index is 3.73. The summed E-state index contributed by atoms with van der Waals surface area (Å²) in [6.07, 6.45) is 4.02. The van der Waals surface area contributed by atoms with Gasteiger partial charge in [-0.25, -0.2) is 0 Å². The van der Waals surface area contributed by atoms with Gasteiger partial charge >= 0.3 is 5.97 Å². The molecule has 3 nitrogen and oxygen atoms in total. The van der Waals surface area contributed by atoms with E-state index in [1.54, 1.807) is 0 Å². The van der Waals surface area contributed by atoms with Gasteiger partial charge in [0.1, 0.15) is 6.04 Å². The van der Waals surface area contributed by atoms with Crippen LogP contribution in [0.4, 0.5) is 0 Å². The fraction of sp³-hybridized carbons (Fsp3) is 0.900. The molecule has 0 aromatic heterocycles. The first-order chi connectivity index (χ1) is 6.11. The molecule has 0 saturated heterocycles. The van der Waals surface area contributed by atoms with Crippen LogP contribution in [-0.4, -0.2) is 23.2 Å². The molecule has 0 aliphatic heterocycles. The number of nitrogens with one attached hydrogen (secondary N) is 1. The molecular weight excluding hydrogens is 166 g/mol. The van der Waals surface area contributed by atoms with Crippen LogP contribution in [0.2, 0.25) is 0 Å². The molecule has 0 rings (SSSR count). The minimum Gasteiger partial charge on any atom is -0.480 e. The molecule has 0 amide bonds. The number of carboxylic acid groups (broad SMARTS) is 1. The lowest BCUT2D eigenvalue weighted by atomic mass is 10.1. The fourth-order valence-corrected chi connectivity index (χ4v) is 1.30. The van der Waals surface area contributed by atoms with Crippen molar-refractivity contribution in [1.29, 1.82) is 0 Å². The van der Waals surface area contributed by atoms with E-state index in [4.69, 9.17) is 5.11 Å². The summed E-state index contributed by atoms with van der Waals surface area (Å²) in [7, 11) is 0. The van der Waals surface area contributed by atoms with E-state index in [1.165, 1.54) is 0 Å². The van der Waals surface area contributed by atoms with Crippen molar-refractivity contribution >= 4 is 5.97 Å². The van der Waals surface area contributed by atoms with Crippen LogP contribution in [0.5, 0.6) is 0 Å². The lowest BCUT2D eigenvalue weighted by Crippen LogP contribution is -2.41. The molecular formula is C10H21NO2. The van der Waals surface area contributed by atoms with Crippen molar-refractivity contribution in [1.82, 2.24) is 5.32 Å². The van der Waals surface area contributed by atoms with E-state index in [-0.39, 0.29) is 6.04 Å². The SMILES string of the molecule is CCCCC(C)NC(CC)C(=O)O. The number of carboxylic acids is 1. The highest BCUT2D eigenvalue weighted by atomic mass is 16.4. The van der Waals surface area contributed by atoms with Crippen LogP contribution >= 0.6 is 0 Å². The van der Waals surface area contributed by atoms with Crippen LogP contribution in [0.3, 0.4) is 0 Å². The average molecular weight is 187 g/mol. The highest BCUT2D eigenvalue weighted by Crippen LogP contribution is 2.02. The largest absolute Gasteiger partial charge is 0.480 e. The fourth-order valence-electron chi connectivity index (χ4n) is 1.30. The molecule has 13 heavy (non-hydrogen) atoms. The van der Waals surface area contributed by atoms with E-state index < -0.39 is 5.97 Å². The van der Waals surface area contributed by atoms with E-state index in [2.05, 4.69) is 12.2 Å². The Hall–Kier alpha value is -0.570. The maximum absolute atomic E-state index is 10.7. The lowest BCUT2D eigenvalue weighted by Gasteiger charge is -2.18. The molecule has 0 aliphatic rings. The lowest BCUT2D eigenvalue weighted by molar-refractivity contribution is -0.139. The van der Waals surface area contributed by atoms with Crippen molar-refractivity contribution in [3.63, 3.8) is 0 Å². The van der Waals surface area contributed by atoms with E-state index in [0.29, 0.717) is 12.5 Å². The van der Waals surface area contributed by atoms with Crippen LogP contribution in [0.1, 0.15) is 46.5 Å². The van der Waals surface area contributed by atoms with Gasteiger partial charge in [0.2, 0.25) is 0 Å². The summed E-state index contributed by atoms with van der Waals surface area (Å²) in [6, 6.07) is -0.0761. The predicted molar refractivity (Wildman–Crippen MR) is 53.8 cm³/mol. The van der Waals surface area contributed by atoms with Gasteiger partial charge in [-0.3, -0.25) is 4.79 Å². The van der Waals surface area contributed by atoms with Crippen LogP contribution in [-0.2, 0) is 4.79 Å². The van der Waals surface area contributed by atoms with Gasteiger partial charge in [0.05, 0.1) is 0 Å².